The third-order valence-electron chi connectivity index (χ3n) is 3.62. The van der Waals surface area contributed by atoms with Gasteiger partial charge in [-0.25, -0.2) is 0 Å². The molecule has 1 aliphatic rings. The smallest absolute Gasteiger partial charge is 0.257 e. The molecule has 1 fully saturated rings. The van der Waals surface area contributed by atoms with Gasteiger partial charge in [-0.05, 0) is 49.9 Å². The quantitative estimate of drug-likeness (QED) is 0.833. The first-order valence-corrected chi connectivity index (χ1v) is 6.40. The van der Waals surface area contributed by atoms with Gasteiger partial charge in [0.15, 0.2) is 0 Å². The Morgan fingerprint density at radius 2 is 2.11 bits per heavy atom. The maximum atomic E-state index is 12.3. The van der Waals surface area contributed by atoms with E-state index in [-0.39, 0.29) is 11.7 Å². The summed E-state index contributed by atoms with van der Waals surface area (Å²) >= 11 is 0. The highest BCUT2D eigenvalue weighted by Gasteiger charge is 2.24. The van der Waals surface area contributed by atoms with Crippen molar-refractivity contribution < 1.29 is 9.90 Å². The van der Waals surface area contributed by atoms with Gasteiger partial charge in [0.25, 0.3) is 5.91 Å². The number of likely N-dealkylation sites (tertiary alicyclic amines) is 1. The Morgan fingerprint density at radius 3 is 2.67 bits per heavy atom. The molecular weight excluding hydrogens is 228 g/mol. The van der Waals surface area contributed by atoms with E-state index in [1.807, 2.05) is 13.0 Å². The number of hydrogen-bond acceptors (Lipinski definition) is 3. The largest absolute Gasteiger partial charge is 0.507 e. The third-order valence-corrected chi connectivity index (χ3v) is 3.62. The maximum Gasteiger partial charge on any atom is 0.257 e. The minimum absolute atomic E-state index is 0.0703. The average molecular weight is 248 g/mol. The van der Waals surface area contributed by atoms with Gasteiger partial charge in [-0.15, -0.1) is 0 Å². The van der Waals surface area contributed by atoms with Crippen molar-refractivity contribution in [3.8, 4) is 5.75 Å². The summed E-state index contributed by atoms with van der Waals surface area (Å²) in [6.45, 7) is 4.04. The number of phenols is 1. The number of nitrogens with zero attached hydrogens (tertiary/aromatic N) is 1. The second kappa shape index (κ2) is 5.40. The number of hydrogen-bond donors (Lipinski definition) is 2. The van der Waals surface area contributed by atoms with Crippen LogP contribution in [0.15, 0.2) is 18.2 Å². The van der Waals surface area contributed by atoms with Gasteiger partial charge >= 0.3 is 0 Å². The van der Waals surface area contributed by atoms with Gasteiger partial charge in [-0.1, -0.05) is 6.07 Å². The van der Waals surface area contributed by atoms with Gasteiger partial charge in [0.05, 0.1) is 5.56 Å². The number of aryl methyl sites for hydroxylation is 1. The van der Waals surface area contributed by atoms with Gasteiger partial charge in [0, 0.05) is 13.1 Å². The van der Waals surface area contributed by atoms with Crippen molar-refractivity contribution in [1.82, 2.24) is 4.90 Å². The molecule has 2 rings (SSSR count). The predicted molar refractivity (Wildman–Crippen MR) is 70.5 cm³/mol. The molecule has 0 aromatic heterocycles. The van der Waals surface area contributed by atoms with Crippen LogP contribution in [-0.2, 0) is 0 Å². The molecule has 1 aromatic carbocycles. The maximum absolute atomic E-state index is 12.3. The highest BCUT2D eigenvalue weighted by atomic mass is 16.3. The molecule has 1 amide bonds. The molecule has 0 saturated carbocycles. The third kappa shape index (κ3) is 2.64. The summed E-state index contributed by atoms with van der Waals surface area (Å²) in [6, 6.07) is 5.17. The number of benzene rings is 1. The Kier molecular flexibility index (Phi) is 3.87. The number of carbonyl (C=O) groups is 1. The number of piperidine rings is 1. The number of carbonyl (C=O) groups excluding carboxylic acids is 1. The first kappa shape index (κ1) is 12.9. The van der Waals surface area contributed by atoms with Crippen molar-refractivity contribution >= 4 is 5.91 Å². The van der Waals surface area contributed by atoms with E-state index in [1.54, 1.807) is 17.0 Å². The zero-order chi connectivity index (χ0) is 13.1. The first-order valence-electron chi connectivity index (χ1n) is 6.40. The highest BCUT2D eigenvalue weighted by molar-refractivity contribution is 5.96. The van der Waals surface area contributed by atoms with Crippen LogP contribution in [0.25, 0.3) is 0 Å². The lowest BCUT2D eigenvalue weighted by molar-refractivity contribution is 0.0690. The normalized spacial score (nSPS) is 16.9. The van der Waals surface area contributed by atoms with E-state index in [2.05, 4.69) is 0 Å². The Morgan fingerprint density at radius 1 is 1.44 bits per heavy atom. The van der Waals surface area contributed by atoms with E-state index >= 15 is 0 Å². The Bertz CT molecular complexity index is 437. The number of phenolic OH excluding ortho intramolecular Hbond substituents is 1. The van der Waals surface area contributed by atoms with Crippen molar-refractivity contribution in [2.45, 2.75) is 19.8 Å². The standard InChI is InChI=1S/C14H20N2O2/c1-10-2-3-12(13(17)8-10)14(18)16-6-4-11(9-15)5-7-16/h2-3,8,11,17H,4-7,9,15H2,1H3. The molecule has 1 saturated heterocycles. The second-order valence-corrected chi connectivity index (χ2v) is 4.99. The number of aromatic hydroxyl groups is 1. The van der Waals surface area contributed by atoms with Crippen molar-refractivity contribution in [2.75, 3.05) is 19.6 Å². The van der Waals surface area contributed by atoms with Crippen LogP contribution in [0.5, 0.6) is 5.75 Å². The molecule has 0 bridgehead atoms. The van der Waals surface area contributed by atoms with E-state index in [0.717, 1.165) is 31.5 Å². The lowest BCUT2D eigenvalue weighted by Crippen LogP contribution is -2.40. The number of nitrogens with two attached hydrogens (primary N) is 1. The fourth-order valence-electron chi connectivity index (χ4n) is 2.36. The van der Waals surface area contributed by atoms with Crippen molar-refractivity contribution in [3.63, 3.8) is 0 Å². The first-order chi connectivity index (χ1) is 8.61. The van der Waals surface area contributed by atoms with Crippen LogP contribution in [-0.4, -0.2) is 35.5 Å². The zero-order valence-electron chi connectivity index (χ0n) is 10.7. The molecular formula is C14H20N2O2. The zero-order valence-corrected chi connectivity index (χ0v) is 10.7. The van der Waals surface area contributed by atoms with E-state index in [9.17, 15) is 9.90 Å². The summed E-state index contributed by atoms with van der Waals surface area (Å²) in [7, 11) is 0. The van der Waals surface area contributed by atoms with E-state index in [4.69, 9.17) is 5.73 Å². The second-order valence-electron chi connectivity index (χ2n) is 4.99. The molecule has 1 aromatic rings. The Balaban J connectivity index is 2.08. The molecule has 0 radical (unpaired) electrons. The van der Waals surface area contributed by atoms with Crippen LogP contribution in [0.2, 0.25) is 0 Å². The lowest BCUT2D eigenvalue weighted by atomic mass is 9.96. The van der Waals surface area contributed by atoms with E-state index < -0.39 is 0 Å². The molecule has 18 heavy (non-hydrogen) atoms. The molecule has 0 spiro atoms. The Hall–Kier alpha value is -1.55. The molecule has 0 aliphatic carbocycles. The molecule has 3 N–H and O–H groups in total. The van der Waals surface area contributed by atoms with Crippen molar-refractivity contribution in [2.24, 2.45) is 11.7 Å². The Labute approximate surface area is 107 Å². The summed E-state index contributed by atoms with van der Waals surface area (Å²) in [4.78, 5) is 14.1. The van der Waals surface area contributed by atoms with Crippen molar-refractivity contribution in [1.29, 1.82) is 0 Å². The van der Waals surface area contributed by atoms with Crippen LogP contribution in [0.1, 0.15) is 28.8 Å². The van der Waals surface area contributed by atoms with Gasteiger partial charge in [-0.3, -0.25) is 4.79 Å². The number of amides is 1. The molecule has 4 nitrogen and oxygen atoms in total. The summed E-state index contributed by atoms with van der Waals surface area (Å²) in [5, 5.41) is 9.82. The highest BCUT2D eigenvalue weighted by Crippen LogP contribution is 2.23. The fourth-order valence-corrected chi connectivity index (χ4v) is 2.36. The van der Waals surface area contributed by atoms with Gasteiger partial charge in [-0.2, -0.15) is 0 Å². The molecule has 1 aliphatic heterocycles. The molecule has 4 heteroatoms. The summed E-state index contributed by atoms with van der Waals surface area (Å²) in [5.74, 6) is 0.518. The van der Waals surface area contributed by atoms with Crippen LogP contribution >= 0.6 is 0 Å². The summed E-state index contributed by atoms with van der Waals surface area (Å²) in [6.07, 6.45) is 1.91. The van der Waals surface area contributed by atoms with Crippen LogP contribution in [0, 0.1) is 12.8 Å². The van der Waals surface area contributed by atoms with Crippen LogP contribution in [0.4, 0.5) is 0 Å². The van der Waals surface area contributed by atoms with Gasteiger partial charge < -0.3 is 15.7 Å². The van der Waals surface area contributed by atoms with Crippen LogP contribution < -0.4 is 5.73 Å². The fraction of sp³-hybridized carbons (Fsp3) is 0.500. The van der Waals surface area contributed by atoms with E-state index in [0.29, 0.717) is 18.0 Å². The van der Waals surface area contributed by atoms with Crippen molar-refractivity contribution in [3.05, 3.63) is 29.3 Å². The predicted octanol–water partition coefficient (Wildman–Crippen LogP) is 1.51. The minimum atomic E-state index is -0.0806. The monoisotopic (exact) mass is 248 g/mol. The van der Waals surface area contributed by atoms with Gasteiger partial charge in [0.1, 0.15) is 5.75 Å². The lowest BCUT2D eigenvalue weighted by Gasteiger charge is -2.31. The average Bonchev–Trinajstić information content (AvgIpc) is 2.38. The molecule has 0 unspecified atom stereocenters. The van der Waals surface area contributed by atoms with E-state index in [1.165, 1.54) is 0 Å². The summed E-state index contributed by atoms with van der Waals surface area (Å²) in [5.41, 5.74) is 6.98. The van der Waals surface area contributed by atoms with Crippen LogP contribution in [0.3, 0.4) is 0 Å². The molecule has 0 atom stereocenters. The molecule has 98 valence electrons. The molecule has 1 heterocycles. The topological polar surface area (TPSA) is 66.6 Å². The minimum Gasteiger partial charge on any atom is -0.507 e. The summed E-state index contributed by atoms with van der Waals surface area (Å²) < 4.78 is 0. The SMILES string of the molecule is Cc1ccc(C(=O)N2CCC(CN)CC2)c(O)c1. The number of rotatable bonds is 2. The van der Waals surface area contributed by atoms with Gasteiger partial charge in [0.2, 0.25) is 0 Å².